The largest absolute Gasteiger partial charge is 0.460 e. The van der Waals surface area contributed by atoms with E-state index in [0.717, 1.165) is 26.4 Å². The number of amides is 1. The molecule has 2 aliphatic heterocycles. The maximum atomic E-state index is 13.0. The molecule has 1 aromatic heterocycles. The van der Waals surface area contributed by atoms with E-state index >= 15 is 0 Å². The number of hydrogen-bond donors (Lipinski definition) is 6. The van der Waals surface area contributed by atoms with Crippen molar-refractivity contribution in [3.63, 3.8) is 0 Å². The minimum atomic E-state index is -1.89. The molecule has 2 aliphatic rings. The molecule has 1 fully saturated rings. The zero-order valence-corrected chi connectivity index (χ0v) is 37.7. The predicted octanol–water partition coefficient (Wildman–Crippen LogP) is 5.77. The van der Waals surface area contributed by atoms with E-state index in [1.165, 1.54) is 30.6 Å². The van der Waals surface area contributed by atoms with Crippen molar-refractivity contribution in [1.29, 1.82) is 0 Å². The fourth-order valence-corrected chi connectivity index (χ4v) is 10.7. The number of thiophene rings is 1. The van der Waals surface area contributed by atoms with Crippen LogP contribution in [0.1, 0.15) is 72.1 Å². The van der Waals surface area contributed by atoms with Gasteiger partial charge in [-0.25, -0.2) is 0 Å². The van der Waals surface area contributed by atoms with Crippen LogP contribution in [0.5, 0.6) is 0 Å². The van der Waals surface area contributed by atoms with E-state index in [4.69, 9.17) is 9.47 Å². The molecule has 10 atom stereocenters. The van der Waals surface area contributed by atoms with Gasteiger partial charge < -0.3 is 40.3 Å². The Bertz CT molecular complexity index is 1840. The van der Waals surface area contributed by atoms with Gasteiger partial charge in [0.05, 0.1) is 30.1 Å². The normalized spacial score (nSPS) is 31.0. The zero-order chi connectivity index (χ0) is 42.5. The molecule has 0 saturated carbocycles. The third-order valence-corrected chi connectivity index (χ3v) is 15.2. The Labute approximate surface area is 362 Å². The van der Waals surface area contributed by atoms with E-state index in [1.807, 2.05) is 36.1 Å². The van der Waals surface area contributed by atoms with Crippen LogP contribution in [0, 0.1) is 17.8 Å². The van der Waals surface area contributed by atoms with Crippen molar-refractivity contribution in [1.82, 2.24) is 10.2 Å². The molecular formula is C43H57IN2O10S2. The summed E-state index contributed by atoms with van der Waals surface area (Å²) in [5.74, 6) is -3.79. The first-order chi connectivity index (χ1) is 27.3. The van der Waals surface area contributed by atoms with Crippen molar-refractivity contribution in [3.8, 4) is 21.6 Å². The number of carbonyl (C=O) groups is 3. The molecule has 3 heterocycles. The SMILES string of the molecule is C[C@H]1CN(CCCNC(=O)CCC(=O)OCc2cc3c(s2)-c2ccccc2Sc2ccccc2-3)[C@H](C)[C@@H](O)[C@](C)(O)[C@@H](I)OC(=O)[C@H](C)[C@@H](O)[C@H](C)[C@@H](O)[C@](C)(O)C1. The maximum Gasteiger partial charge on any atom is 0.312 e. The van der Waals surface area contributed by atoms with Crippen LogP contribution in [-0.2, 0) is 30.5 Å². The summed E-state index contributed by atoms with van der Waals surface area (Å²) < 4.78 is 9.94. The highest BCUT2D eigenvalue weighted by atomic mass is 127. The Morgan fingerprint density at radius 2 is 1.59 bits per heavy atom. The lowest BCUT2D eigenvalue weighted by molar-refractivity contribution is -0.176. The summed E-state index contributed by atoms with van der Waals surface area (Å²) in [7, 11) is 0. The first-order valence-corrected chi connectivity index (χ1v) is 22.7. The van der Waals surface area contributed by atoms with E-state index in [-0.39, 0.29) is 44.2 Å². The van der Waals surface area contributed by atoms with Gasteiger partial charge in [0.15, 0.2) is 4.11 Å². The summed E-state index contributed by atoms with van der Waals surface area (Å²) in [5, 5.41) is 59.2. The molecule has 0 aliphatic carbocycles. The molecule has 5 rings (SSSR count). The molecule has 3 aromatic rings. The predicted molar refractivity (Wildman–Crippen MR) is 232 cm³/mol. The molecule has 2 aromatic carbocycles. The van der Waals surface area contributed by atoms with Crippen LogP contribution in [0.25, 0.3) is 21.6 Å². The number of fused-ring (bicyclic) bond motifs is 5. The minimum Gasteiger partial charge on any atom is -0.460 e. The lowest BCUT2D eigenvalue weighted by Crippen LogP contribution is -2.58. The summed E-state index contributed by atoms with van der Waals surface area (Å²) in [6.45, 7) is 10.6. The number of halogens is 1. The van der Waals surface area contributed by atoms with Crippen molar-refractivity contribution in [2.75, 3.05) is 19.6 Å². The number of rotatable bonds is 9. The van der Waals surface area contributed by atoms with Crippen LogP contribution in [0.2, 0.25) is 0 Å². The fourth-order valence-electron chi connectivity index (χ4n) is 7.84. The molecule has 0 unspecified atom stereocenters. The third-order valence-electron chi connectivity index (χ3n) is 11.4. The van der Waals surface area contributed by atoms with Crippen LogP contribution in [0.4, 0.5) is 0 Å². The van der Waals surface area contributed by atoms with Crippen molar-refractivity contribution in [2.24, 2.45) is 17.8 Å². The number of esters is 2. The highest BCUT2D eigenvalue weighted by molar-refractivity contribution is 14.1. The minimum absolute atomic E-state index is 0.0462. The quantitative estimate of drug-likeness (QED) is 0.0516. The molecule has 6 N–H and O–H groups in total. The molecule has 0 bridgehead atoms. The Morgan fingerprint density at radius 1 is 0.948 bits per heavy atom. The molecule has 0 radical (unpaired) electrons. The van der Waals surface area contributed by atoms with Crippen LogP contribution < -0.4 is 5.32 Å². The molecule has 12 nitrogen and oxygen atoms in total. The number of nitrogens with one attached hydrogen (secondary N) is 1. The van der Waals surface area contributed by atoms with Crippen molar-refractivity contribution in [3.05, 3.63) is 59.5 Å². The second-order valence-electron chi connectivity index (χ2n) is 16.3. The monoisotopic (exact) mass is 952 g/mol. The lowest BCUT2D eigenvalue weighted by atomic mass is 9.78. The maximum absolute atomic E-state index is 13.0. The Morgan fingerprint density at radius 3 is 2.28 bits per heavy atom. The summed E-state index contributed by atoms with van der Waals surface area (Å²) >= 11 is 5.09. The number of benzene rings is 2. The average Bonchev–Trinajstić information content (AvgIpc) is 3.56. The molecule has 58 heavy (non-hydrogen) atoms. The van der Waals surface area contributed by atoms with Crippen molar-refractivity contribution >= 4 is 63.5 Å². The van der Waals surface area contributed by atoms with Gasteiger partial charge in [-0.3, -0.25) is 19.3 Å². The zero-order valence-electron chi connectivity index (χ0n) is 33.9. The molecule has 1 saturated heterocycles. The molecular weight excluding hydrogens is 896 g/mol. The van der Waals surface area contributed by atoms with E-state index in [1.54, 1.807) is 59.5 Å². The number of carbonyl (C=O) groups excluding carboxylic acids is 3. The van der Waals surface area contributed by atoms with Gasteiger partial charge in [0.2, 0.25) is 5.91 Å². The summed E-state index contributed by atoms with van der Waals surface area (Å²) in [6, 6.07) is 18.0. The average molecular weight is 953 g/mol. The standard InChI is InChI=1S/C43H57IN2O10S2/c1-24-21-42(5,53)38(50)25(2)36(49)26(3)40(52)56-41(44)43(6,54)39(51)27(4)46(22-24)19-11-18-45-34(47)16-17-35(48)55-23-28-20-31-29-12-7-9-14-32(29)58-33-15-10-8-13-30(33)37(31)57-28/h7-10,12-15,20,24-27,36,38-39,41,49-51,53-54H,11,16-19,21-23H2,1-6H3,(H,45,47)/t24-,25+,26-,27-,36+,38-,39-,41+,42-,43+/m1/s1. The third kappa shape index (κ3) is 11.0. The first kappa shape index (κ1) is 46.5. The number of aliphatic hydroxyl groups is 5. The van der Waals surface area contributed by atoms with E-state index < -0.39 is 63.4 Å². The van der Waals surface area contributed by atoms with Gasteiger partial charge in [-0.1, -0.05) is 62.0 Å². The fraction of sp³-hybridized carbons (Fsp3) is 0.558. The second kappa shape index (κ2) is 19.8. The number of aliphatic hydroxyl groups excluding tert-OH is 3. The summed E-state index contributed by atoms with van der Waals surface area (Å²) in [5.41, 5.74) is -0.115. The Kier molecular flexibility index (Phi) is 15.9. The van der Waals surface area contributed by atoms with Gasteiger partial charge in [0.1, 0.15) is 18.3 Å². The van der Waals surface area contributed by atoms with E-state index in [2.05, 4.69) is 35.6 Å². The van der Waals surface area contributed by atoms with Crippen LogP contribution in [-0.4, -0.2) is 108 Å². The van der Waals surface area contributed by atoms with E-state index in [0.29, 0.717) is 19.5 Å². The second-order valence-corrected chi connectivity index (χ2v) is 19.7. The van der Waals surface area contributed by atoms with Gasteiger partial charge in [0.25, 0.3) is 0 Å². The topological polar surface area (TPSA) is 186 Å². The van der Waals surface area contributed by atoms with Crippen LogP contribution in [0.15, 0.2) is 64.4 Å². The number of nitrogens with zero attached hydrogens (tertiary/aromatic N) is 1. The number of ether oxygens (including phenoxy) is 2. The van der Waals surface area contributed by atoms with Crippen LogP contribution in [0.3, 0.4) is 0 Å². The van der Waals surface area contributed by atoms with Gasteiger partial charge in [0, 0.05) is 68.7 Å². The number of alkyl halides is 1. The Balaban J connectivity index is 1.15. The highest BCUT2D eigenvalue weighted by Gasteiger charge is 2.47. The van der Waals surface area contributed by atoms with Gasteiger partial charge >= 0.3 is 11.9 Å². The van der Waals surface area contributed by atoms with E-state index in [9.17, 15) is 39.9 Å². The Hall–Kier alpha value is -2.61. The van der Waals surface area contributed by atoms with Gasteiger partial charge in [-0.05, 0) is 92.8 Å². The molecule has 0 spiro atoms. The molecule has 15 heteroatoms. The first-order valence-electron chi connectivity index (χ1n) is 19.8. The van der Waals surface area contributed by atoms with Gasteiger partial charge in [-0.15, -0.1) is 11.3 Å². The number of hydrogen-bond acceptors (Lipinski definition) is 13. The van der Waals surface area contributed by atoms with Crippen molar-refractivity contribution < 1.29 is 49.4 Å². The van der Waals surface area contributed by atoms with Crippen molar-refractivity contribution in [2.45, 2.75) is 123 Å². The number of cyclic esters (lactones) is 1. The summed E-state index contributed by atoms with van der Waals surface area (Å²) in [6.07, 6.45) is -3.63. The summed E-state index contributed by atoms with van der Waals surface area (Å²) in [4.78, 5) is 44.9. The molecule has 1 amide bonds. The molecule has 318 valence electrons. The highest BCUT2D eigenvalue weighted by Crippen LogP contribution is 2.51. The smallest absolute Gasteiger partial charge is 0.312 e. The van der Waals surface area contributed by atoms with Crippen LogP contribution >= 0.6 is 45.7 Å². The lowest BCUT2D eigenvalue weighted by Gasteiger charge is -2.42. The van der Waals surface area contributed by atoms with Gasteiger partial charge in [-0.2, -0.15) is 0 Å².